The highest BCUT2D eigenvalue weighted by atomic mass is 15.1. The van der Waals surface area contributed by atoms with Gasteiger partial charge in [0, 0.05) is 17.6 Å². The number of nitrogens with one attached hydrogen (secondary N) is 3. The number of rotatable bonds is 5. The molecule has 0 radical (unpaired) electrons. The smallest absolute Gasteiger partial charge is 0.141 e. The SMILES string of the molecule is N=C(c1ccc(-c2ccccc2)cc1)c1c(N)ncnc1NC1CC2CNC1C2. The third-order valence-corrected chi connectivity index (χ3v) is 6.06. The normalized spacial score (nSPS) is 22.6. The molecule has 3 unspecified atom stereocenters. The molecule has 146 valence electrons. The Hall–Kier alpha value is -3.25. The summed E-state index contributed by atoms with van der Waals surface area (Å²) in [6.07, 6.45) is 3.79. The summed E-state index contributed by atoms with van der Waals surface area (Å²) in [6, 6.07) is 19.0. The van der Waals surface area contributed by atoms with E-state index in [1.165, 1.54) is 12.7 Å². The fourth-order valence-electron chi connectivity index (χ4n) is 4.55. The van der Waals surface area contributed by atoms with E-state index in [1.807, 2.05) is 42.5 Å². The maximum atomic E-state index is 8.79. The molecule has 1 aliphatic heterocycles. The zero-order chi connectivity index (χ0) is 19.8. The second-order valence-electron chi connectivity index (χ2n) is 7.90. The molecule has 1 aliphatic carbocycles. The van der Waals surface area contributed by atoms with E-state index in [0.29, 0.717) is 35.0 Å². The Labute approximate surface area is 170 Å². The molecule has 2 bridgehead atoms. The first-order valence-corrected chi connectivity index (χ1v) is 10.0. The number of anilines is 2. The van der Waals surface area contributed by atoms with Crippen LogP contribution in [0, 0.1) is 11.3 Å². The molecular formula is C23H24N6. The summed E-state index contributed by atoms with van der Waals surface area (Å²) < 4.78 is 0. The summed E-state index contributed by atoms with van der Waals surface area (Å²) >= 11 is 0. The summed E-state index contributed by atoms with van der Waals surface area (Å²) in [5, 5.41) is 15.9. The number of nitrogens with zero attached hydrogens (tertiary/aromatic N) is 2. The molecule has 5 N–H and O–H groups in total. The minimum absolute atomic E-state index is 0.315. The van der Waals surface area contributed by atoms with Gasteiger partial charge in [-0.1, -0.05) is 54.6 Å². The number of fused-ring (bicyclic) bond motifs is 2. The Morgan fingerprint density at radius 3 is 2.45 bits per heavy atom. The lowest BCUT2D eigenvalue weighted by Crippen LogP contribution is -2.41. The van der Waals surface area contributed by atoms with Crippen LogP contribution in [0.25, 0.3) is 11.1 Å². The van der Waals surface area contributed by atoms with Crippen molar-refractivity contribution in [2.45, 2.75) is 24.9 Å². The van der Waals surface area contributed by atoms with Crippen LogP contribution in [0.2, 0.25) is 0 Å². The van der Waals surface area contributed by atoms with Crippen molar-refractivity contribution in [3.8, 4) is 11.1 Å². The van der Waals surface area contributed by atoms with Crippen LogP contribution in [0.4, 0.5) is 11.6 Å². The van der Waals surface area contributed by atoms with Crippen molar-refractivity contribution < 1.29 is 0 Å². The number of hydrogen-bond acceptors (Lipinski definition) is 6. The van der Waals surface area contributed by atoms with Crippen LogP contribution in [0.15, 0.2) is 60.9 Å². The third kappa shape index (κ3) is 3.36. The first-order valence-electron chi connectivity index (χ1n) is 10.0. The van der Waals surface area contributed by atoms with E-state index in [-0.39, 0.29) is 0 Å². The van der Waals surface area contributed by atoms with Gasteiger partial charge in [0.05, 0.1) is 11.3 Å². The number of nitrogen functional groups attached to an aromatic ring is 1. The van der Waals surface area contributed by atoms with E-state index < -0.39 is 0 Å². The van der Waals surface area contributed by atoms with Crippen LogP contribution < -0.4 is 16.4 Å². The van der Waals surface area contributed by atoms with E-state index in [0.717, 1.165) is 35.6 Å². The Morgan fingerprint density at radius 1 is 1.00 bits per heavy atom. The van der Waals surface area contributed by atoms with Crippen LogP contribution in [-0.2, 0) is 0 Å². The topological polar surface area (TPSA) is 99.7 Å². The molecule has 6 nitrogen and oxygen atoms in total. The van der Waals surface area contributed by atoms with Crippen molar-refractivity contribution in [2.24, 2.45) is 5.92 Å². The Balaban J connectivity index is 1.42. The van der Waals surface area contributed by atoms with Gasteiger partial charge in [-0.05, 0) is 36.4 Å². The van der Waals surface area contributed by atoms with Gasteiger partial charge in [0.15, 0.2) is 0 Å². The summed E-state index contributed by atoms with van der Waals surface area (Å²) in [5.74, 6) is 1.70. The summed E-state index contributed by atoms with van der Waals surface area (Å²) in [7, 11) is 0. The fraction of sp³-hybridized carbons (Fsp3) is 0.261. The molecule has 5 rings (SSSR count). The molecule has 1 saturated carbocycles. The molecule has 2 heterocycles. The van der Waals surface area contributed by atoms with E-state index in [2.05, 4.69) is 32.7 Å². The van der Waals surface area contributed by atoms with Gasteiger partial charge in [-0.15, -0.1) is 0 Å². The Kier molecular flexibility index (Phi) is 4.48. The average Bonchev–Trinajstić information content (AvgIpc) is 3.38. The molecule has 3 aromatic rings. The largest absolute Gasteiger partial charge is 0.383 e. The number of piperidine rings is 1. The summed E-state index contributed by atoms with van der Waals surface area (Å²) in [5.41, 5.74) is 10.2. The molecule has 29 heavy (non-hydrogen) atoms. The molecule has 6 heteroatoms. The van der Waals surface area contributed by atoms with Crippen molar-refractivity contribution in [1.82, 2.24) is 15.3 Å². The van der Waals surface area contributed by atoms with Gasteiger partial charge in [-0.25, -0.2) is 9.97 Å². The average molecular weight is 384 g/mol. The van der Waals surface area contributed by atoms with Gasteiger partial charge < -0.3 is 16.4 Å². The van der Waals surface area contributed by atoms with E-state index >= 15 is 0 Å². The lowest BCUT2D eigenvalue weighted by Gasteiger charge is -2.25. The first kappa shape index (κ1) is 17.8. The quantitative estimate of drug-likeness (QED) is 0.506. The molecule has 2 fully saturated rings. The zero-order valence-electron chi connectivity index (χ0n) is 16.1. The molecule has 2 aliphatic rings. The maximum absolute atomic E-state index is 8.79. The van der Waals surface area contributed by atoms with Gasteiger partial charge >= 0.3 is 0 Å². The number of hydrogen-bond donors (Lipinski definition) is 4. The zero-order valence-corrected chi connectivity index (χ0v) is 16.1. The lowest BCUT2D eigenvalue weighted by molar-refractivity contribution is 0.465. The van der Waals surface area contributed by atoms with Crippen molar-refractivity contribution >= 4 is 17.3 Å². The predicted octanol–water partition coefficient (Wildman–Crippen LogP) is 3.30. The van der Waals surface area contributed by atoms with Gasteiger partial charge in [0.2, 0.25) is 0 Å². The minimum Gasteiger partial charge on any atom is -0.383 e. The Morgan fingerprint density at radius 2 is 1.76 bits per heavy atom. The molecule has 1 saturated heterocycles. The van der Waals surface area contributed by atoms with Gasteiger partial charge in [0.25, 0.3) is 0 Å². The maximum Gasteiger partial charge on any atom is 0.141 e. The summed E-state index contributed by atoms with van der Waals surface area (Å²) in [4.78, 5) is 8.57. The highest BCUT2D eigenvalue weighted by Gasteiger charge is 2.39. The first-order chi connectivity index (χ1) is 14.2. The molecule has 0 spiro atoms. The van der Waals surface area contributed by atoms with E-state index in [4.69, 9.17) is 11.1 Å². The Bertz CT molecular complexity index is 1030. The number of benzene rings is 2. The molecular weight excluding hydrogens is 360 g/mol. The molecule has 1 aromatic heterocycles. The molecule has 2 aromatic carbocycles. The van der Waals surface area contributed by atoms with Gasteiger partial charge in [-0.3, -0.25) is 5.41 Å². The van der Waals surface area contributed by atoms with E-state index in [1.54, 1.807) is 0 Å². The fourth-order valence-corrected chi connectivity index (χ4v) is 4.55. The van der Waals surface area contributed by atoms with Crippen LogP contribution in [0.5, 0.6) is 0 Å². The van der Waals surface area contributed by atoms with Gasteiger partial charge in [-0.2, -0.15) is 0 Å². The summed E-state index contributed by atoms with van der Waals surface area (Å²) in [6.45, 7) is 1.10. The van der Waals surface area contributed by atoms with Gasteiger partial charge in [0.1, 0.15) is 18.0 Å². The van der Waals surface area contributed by atoms with Crippen molar-refractivity contribution in [2.75, 3.05) is 17.6 Å². The highest BCUT2D eigenvalue weighted by Crippen LogP contribution is 2.34. The lowest BCUT2D eigenvalue weighted by atomic mass is 9.99. The third-order valence-electron chi connectivity index (χ3n) is 6.06. The second kappa shape index (κ2) is 7.29. The predicted molar refractivity (Wildman–Crippen MR) is 116 cm³/mol. The highest BCUT2D eigenvalue weighted by molar-refractivity contribution is 6.16. The number of aromatic nitrogens is 2. The standard InChI is InChI=1S/C23H24N6/c24-21(17-8-6-16(7-9-17)15-4-2-1-3-5-15)20-22(25)27-13-28-23(20)29-19-11-14-10-18(19)26-12-14/h1-9,13-14,18-19,24,26H,10-12H2,(H3,25,27,28,29). The monoisotopic (exact) mass is 384 g/mol. The van der Waals surface area contributed by atoms with Crippen LogP contribution in [-0.4, -0.2) is 34.3 Å². The number of nitrogens with two attached hydrogens (primary N) is 1. The van der Waals surface area contributed by atoms with Crippen LogP contribution in [0.3, 0.4) is 0 Å². The molecule has 3 atom stereocenters. The van der Waals surface area contributed by atoms with Crippen LogP contribution in [0.1, 0.15) is 24.0 Å². The van der Waals surface area contributed by atoms with Crippen molar-refractivity contribution in [1.29, 1.82) is 5.41 Å². The minimum atomic E-state index is 0.315. The van der Waals surface area contributed by atoms with Crippen molar-refractivity contribution in [3.63, 3.8) is 0 Å². The molecule has 0 amide bonds. The second-order valence-corrected chi connectivity index (χ2v) is 7.90. The van der Waals surface area contributed by atoms with Crippen molar-refractivity contribution in [3.05, 3.63) is 72.1 Å². The van der Waals surface area contributed by atoms with E-state index in [9.17, 15) is 0 Å². The van der Waals surface area contributed by atoms with Crippen LogP contribution >= 0.6 is 0 Å².